The Kier molecular flexibility index (Phi) is 3.84. The smallest absolute Gasteiger partial charge is 0.355 e. The first-order valence-electron chi connectivity index (χ1n) is 7.32. The van der Waals surface area contributed by atoms with Gasteiger partial charge in [0.2, 0.25) is 5.91 Å². The largest absolute Gasteiger partial charge is 0.461 e. The van der Waals surface area contributed by atoms with Gasteiger partial charge in [-0.05, 0) is 26.0 Å². The Morgan fingerprint density at radius 3 is 2.50 bits per heavy atom. The Hall–Kier alpha value is -3.10. The number of anilines is 1. The molecule has 9 heteroatoms. The summed E-state index contributed by atoms with van der Waals surface area (Å²) in [5.74, 6) is -3.33. The van der Waals surface area contributed by atoms with Crippen molar-refractivity contribution in [3.05, 3.63) is 34.7 Å². The summed E-state index contributed by atoms with van der Waals surface area (Å²) in [4.78, 5) is 49.2. The number of amides is 2. The first-order valence-corrected chi connectivity index (χ1v) is 7.32. The van der Waals surface area contributed by atoms with Gasteiger partial charge in [0.1, 0.15) is 5.92 Å². The Balaban J connectivity index is 2.00. The molecule has 24 heavy (non-hydrogen) atoms. The zero-order valence-electron chi connectivity index (χ0n) is 13.0. The molecule has 0 bridgehead atoms. The number of esters is 1. The van der Waals surface area contributed by atoms with Crippen molar-refractivity contribution in [1.29, 1.82) is 0 Å². The number of hydrogen-bond donors (Lipinski definition) is 0. The highest BCUT2D eigenvalue weighted by Gasteiger charge is 2.59. The number of hydrazone groups is 1. The zero-order chi connectivity index (χ0) is 17.4. The van der Waals surface area contributed by atoms with Crippen LogP contribution in [0.1, 0.15) is 12.5 Å². The van der Waals surface area contributed by atoms with Crippen molar-refractivity contribution < 1.29 is 19.1 Å². The number of rotatable bonds is 4. The van der Waals surface area contributed by atoms with Gasteiger partial charge in [0.25, 0.3) is 5.91 Å². The molecule has 124 valence electrons. The second-order valence-electron chi connectivity index (χ2n) is 5.38. The molecule has 0 unspecified atom stereocenters. The third-order valence-electron chi connectivity index (χ3n) is 3.89. The highest BCUT2D eigenvalue weighted by molar-refractivity contribution is 6.46. The van der Waals surface area contributed by atoms with Gasteiger partial charge in [0.15, 0.2) is 11.8 Å². The molecule has 9 nitrogen and oxygen atoms in total. The Bertz CT molecular complexity index is 758. The predicted molar refractivity (Wildman–Crippen MR) is 82.7 cm³/mol. The van der Waals surface area contributed by atoms with Crippen molar-refractivity contribution in [2.75, 3.05) is 11.5 Å². The number of benzene rings is 1. The fourth-order valence-corrected chi connectivity index (χ4v) is 2.78. The third kappa shape index (κ3) is 2.25. The lowest BCUT2D eigenvalue weighted by Crippen LogP contribution is -2.36. The van der Waals surface area contributed by atoms with Crippen LogP contribution in [-0.4, -0.2) is 41.3 Å². The van der Waals surface area contributed by atoms with Gasteiger partial charge >= 0.3 is 5.97 Å². The number of nitrogens with zero attached hydrogens (tertiary/aromatic N) is 4. The first kappa shape index (κ1) is 15.8. The quantitative estimate of drug-likeness (QED) is 0.458. The van der Waals surface area contributed by atoms with Crippen molar-refractivity contribution in [2.24, 2.45) is 16.3 Å². The van der Waals surface area contributed by atoms with E-state index in [-0.39, 0.29) is 12.3 Å². The van der Waals surface area contributed by atoms with Crippen LogP contribution in [0.4, 0.5) is 5.69 Å². The Labute approximate surface area is 136 Å². The predicted octanol–water partition coefficient (Wildman–Crippen LogP) is 0.769. The highest BCUT2D eigenvalue weighted by atomic mass is 16.5. The molecule has 0 saturated carbocycles. The number of imide groups is 1. The van der Waals surface area contributed by atoms with Gasteiger partial charge < -0.3 is 4.74 Å². The third-order valence-corrected chi connectivity index (χ3v) is 3.89. The van der Waals surface area contributed by atoms with Crippen LogP contribution in [0.15, 0.2) is 34.7 Å². The van der Waals surface area contributed by atoms with E-state index in [0.717, 1.165) is 10.5 Å². The molecule has 0 aliphatic carbocycles. The van der Waals surface area contributed by atoms with Gasteiger partial charge in [0, 0.05) is 0 Å². The molecule has 1 saturated heterocycles. The molecule has 2 heterocycles. The lowest BCUT2D eigenvalue weighted by atomic mass is 9.98. The molecule has 2 aliphatic rings. The van der Waals surface area contributed by atoms with Gasteiger partial charge in [-0.15, -0.1) is 15.1 Å². The molecule has 1 aromatic carbocycles. The van der Waals surface area contributed by atoms with E-state index in [0.29, 0.717) is 10.8 Å². The highest BCUT2D eigenvalue weighted by Crippen LogP contribution is 2.35. The lowest BCUT2D eigenvalue weighted by molar-refractivity contribution is -0.136. The van der Waals surface area contributed by atoms with Crippen molar-refractivity contribution in [3.8, 4) is 0 Å². The fraction of sp³-hybridized carbons (Fsp3) is 0.333. The number of ether oxygens (including phenoxy) is 1. The van der Waals surface area contributed by atoms with Crippen LogP contribution in [0.2, 0.25) is 0 Å². The second kappa shape index (κ2) is 5.84. The minimum Gasteiger partial charge on any atom is -0.461 e. The maximum Gasteiger partial charge on any atom is 0.355 e. The summed E-state index contributed by atoms with van der Waals surface area (Å²) < 4.78 is 4.84. The molecular weight excluding hydrogens is 316 g/mol. The molecule has 1 fully saturated rings. The molecule has 0 spiro atoms. The summed E-state index contributed by atoms with van der Waals surface area (Å²) in [5.41, 5.74) is 1.04. The lowest BCUT2D eigenvalue weighted by Gasteiger charge is -2.16. The van der Waals surface area contributed by atoms with Crippen molar-refractivity contribution in [1.82, 2.24) is 5.12 Å². The summed E-state index contributed by atoms with van der Waals surface area (Å²) in [7, 11) is 0. The Morgan fingerprint density at radius 1 is 1.25 bits per heavy atom. The van der Waals surface area contributed by atoms with E-state index in [4.69, 9.17) is 4.74 Å². The van der Waals surface area contributed by atoms with Gasteiger partial charge in [-0.25, -0.2) is 9.69 Å². The number of fused-ring (bicyclic) bond motifs is 1. The molecular formula is C15H14N4O5. The monoisotopic (exact) mass is 330 g/mol. The molecule has 3 rings (SSSR count). The number of carbonyl (C=O) groups excluding carboxylic acids is 3. The topological polar surface area (TPSA) is 109 Å². The molecule has 2 amide bonds. The molecule has 0 radical (unpaired) electrons. The van der Waals surface area contributed by atoms with Gasteiger partial charge in [-0.1, -0.05) is 17.7 Å². The maximum absolute atomic E-state index is 12.7. The summed E-state index contributed by atoms with van der Waals surface area (Å²) in [6, 6.07) is 5.48. The zero-order valence-corrected chi connectivity index (χ0v) is 13.0. The molecule has 0 N–H and O–H groups in total. The van der Waals surface area contributed by atoms with Crippen LogP contribution >= 0.6 is 0 Å². The minimum atomic E-state index is -1.25. The number of carbonyl (C=O) groups is 3. The van der Waals surface area contributed by atoms with E-state index < -0.39 is 29.7 Å². The van der Waals surface area contributed by atoms with Crippen LogP contribution < -0.4 is 4.90 Å². The van der Waals surface area contributed by atoms with Crippen molar-refractivity contribution in [2.45, 2.75) is 19.9 Å². The van der Waals surface area contributed by atoms with Crippen LogP contribution in [-0.2, 0) is 19.1 Å². The molecule has 1 aromatic rings. The van der Waals surface area contributed by atoms with Gasteiger partial charge in [0.05, 0.1) is 17.6 Å². The summed E-state index contributed by atoms with van der Waals surface area (Å²) in [5, 5.41) is 6.88. The summed E-state index contributed by atoms with van der Waals surface area (Å²) >= 11 is 0. The van der Waals surface area contributed by atoms with E-state index in [1.54, 1.807) is 31.2 Å². The SMILES string of the molecule is CCOC(=O)C1=NN(N=O)[C@@H]2C(=O)N(c3ccc(C)cc3)C(=O)[C@@H]12. The number of nitroso groups, excluding NO2 is 1. The standard InChI is InChI=1S/C15H14N4O5/c1-3-24-15(22)11-10-12(19(16-11)17-23)14(21)18(13(10)20)9-6-4-8(2)5-7-9/h4-7,10,12H,3H2,1-2H3/t10-,12-/m0/s1. The van der Waals surface area contributed by atoms with E-state index in [9.17, 15) is 19.3 Å². The van der Waals surface area contributed by atoms with Gasteiger partial charge in [-0.3, -0.25) is 9.59 Å². The number of aryl methyl sites for hydroxylation is 1. The minimum absolute atomic E-state index is 0.0770. The first-order chi connectivity index (χ1) is 11.5. The maximum atomic E-state index is 12.7. The van der Waals surface area contributed by atoms with Crippen LogP contribution in [0, 0.1) is 17.7 Å². The van der Waals surface area contributed by atoms with E-state index >= 15 is 0 Å². The van der Waals surface area contributed by atoms with Gasteiger partial charge in [-0.2, -0.15) is 0 Å². The second-order valence-corrected chi connectivity index (χ2v) is 5.38. The molecule has 2 atom stereocenters. The average molecular weight is 330 g/mol. The summed E-state index contributed by atoms with van der Waals surface area (Å²) in [6.45, 7) is 3.55. The summed E-state index contributed by atoms with van der Waals surface area (Å²) in [6.07, 6.45) is 0. The van der Waals surface area contributed by atoms with Crippen LogP contribution in [0.5, 0.6) is 0 Å². The fourth-order valence-electron chi connectivity index (χ4n) is 2.78. The van der Waals surface area contributed by atoms with Crippen LogP contribution in [0.3, 0.4) is 0 Å². The molecule has 0 aromatic heterocycles. The van der Waals surface area contributed by atoms with Crippen molar-refractivity contribution >= 4 is 29.2 Å². The normalized spacial score (nSPS) is 22.5. The Morgan fingerprint density at radius 2 is 1.92 bits per heavy atom. The number of hydrogen-bond acceptors (Lipinski definition) is 7. The molecule has 2 aliphatic heterocycles. The van der Waals surface area contributed by atoms with Crippen LogP contribution in [0.25, 0.3) is 0 Å². The average Bonchev–Trinajstić information content (AvgIpc) is 3.07. The van der Waals surface area contributed by atoms with Crippen molar-refractivity contribution in [3.63, 3.8) is 0 Å². The van der Waals surface area contributed by atoms with E-state index in [1.165, 1.54) is 0 Å². The van der Waals surface area contributed by atoms with E-state index in [1.807, 2.05) is 6.92 Å². The van der Waals surface area contributed by atoms with E-state index in [2.05, 4.69) is 10.4 Å².